The second-order valence-electron chi connectivity index (χ2n) is 10.8. The quantitative estimate of drug-likeness (QED) is 0.271. The van der Waals surface area contributed by atoms with Gasteiger partial charge in [0.15, 0.2) is 11.5 Å². The van der Waals surface area contributed by atoms with Crippen LogP contribution in [0.4, 0.5) is 0 Å². The summed E-state index contributed by atoms with van der Waals surface area (Å²) >= 11 is 6.04. The smallest absolute Gasteiger partial charge is 0.335 e. The third-order valence-electron chi connectivity index (χ3n) is 8.08. The molecule has 11 heteroatoms. The maximum Gasteiger partial charge on any atom is 0.335 e. The Balaban J connectivity index is 1.20. The molecule has 1 N–H and O–H groups in total. The maximum atomic E-state index is 11.8. The summed E-state index contributed by atoms with van der Waals surface area (Å²) in [6.07, 6.45) is 3.49. The van der Waals surface area contributed by atoms with Gasteiger partial charge >= 0.3 is 5.97 Å². The third-order valence-corrected chi connectivity index (χ3v) is 8.30. The van der Waals surface area contributed by atoms with Gasteiger partial charge < -0.3 is 28.6 Å². The third kappa shape index (κ3) is 5.26. The van der Waals surface area contributed by atoms with Gasteiger partial charge in [0.05, 0.1) is 36.4 Å². The molecule has 6 rings (SSSR count). The fourth-order valence-electron chi connectivity index (χ4n) is 5.89. The van der Waals surface area contributed by atoms with Gasteiger partial charge in [-0.1, -0.05) is 23.7 Å². The molecule has 2 aliphatic rings. The van der Waals surface area contributed by atoms with Crippen molar-refractivity contribution >= 4 is 28.6 Å². The van der Waals surface area contributed by atoms with E-state index in [-0.39, 0.29) is 5.56 Å². The predicted octanol–water partition coefficient (Wildman–Crippen LogP) is 5.46. The van der Waals surface area contributed by atoms with Crippen LogP contribution in [0, 0.1) is 0 Å². The average molecular weight is 593 g/mol. The van der Waals surface area contributed by atoms with Crippen molar-refractivity contribution in [1.82, 2.24) is 19.4 Å². The van der Waals surface area contributed by atoms with Gasteiger partial charge in [-0.05, 0) is 62.2 Å². The van der Waals surface area contributed by atoms with Gasteiger partial charge in [0, 0.05) is 32.3 Å². The highest BCUT2D eigenvalue weighted by Gasteiger charge is 2.42. The van der Waals surface area contributed by atoms with E-state index in [4.69, 9.17) is 35.5 Å². The van der Waals surface area contributed by atoms with Crippen LogP contribution < -0.4 is 14.2 Å². The topological polar surface area (TPSA) is 108 Å². The number of carboxylic acids is 1. The van der Waals surface area contributed by atoms with Crippen molar-refractivity contribution in [2.75, 3.05) is 33.9 Å². The number of hydrogen-bond donors (Lipinski definition) is 1. The number of rotatable bonds is 9. The summed E-state index contributed by atoms with van der Waals surface area (Å²) in [5, 5.41) is 10.2. The molecule has 2 aliphatic heterocycles. The van der Waals surface area contributed by atoms with Crippen LogP contribution in [-0.4, -0.2) is 64.4 Å². The molecule has 4 heterocycles. The lowest BCUT2D eigenvalue weighted by atomic mass is 9.88. The summed E-state index contributed by atoms with van der Waals surface area (Å²) in [6.45, 7) is 5.28. The molecule has 4 aromatic rings. The summed E-state index contributed by atoms with van der Waals surface area (Å²) in [7, 11) is 3.18. The van der Waals surface area contributed by atoms with Crippen molar-refractivity contribution in [1.29, 1.82) is 0 Å². The Morgan fingerprint density at radius 3 is 2.67 bits per heavy atom. The standard InChI is InChI=1S/C31H33ClN4O6/c1-31(26-8-7-21(32)17-33-26)41-24-6-4-5-22(29(24)42-31)19-9-11-35(12-10-19)18-27-34-28-23(36(27)13-14-39-2)15-20(30(37)38)16-25(28)40-3/h4-8,15-17,19H,9-14,18H2,1-3H3,(H,37,38)/t31-/m0/s1. The van der Waals surface area contributed by atoms with Crippen molar-refractivity contribution < 1.29 is 28.8 Å². The van der Waals surface area contributed by atoms with Crippen LogP contribution in [0.3, 0.4) is 0 Å². The predicted molar refractivity (Wildman–Crippen MR) is 157 cm³/mol. The van der Waals surface area contributed by atoms with Gasteiger partial charge in [0.2, 0.25) is 0 Å². The van der Waals surface area contributed by atoms with Gasteiger partial charge in [0.1, 0.15) is 22.8 Å². The zero-order valence-electron chi connectivity index (χ0n) is 23.8. The van der Waals surface area contributed by atoms with E-state index in [2.05, 4.69) is 16.0 Å². The van der Waals surface area contributed by atoms with Gasteiger partial charge in [-0.2, -0.15) is 0 Å². The average Bonchev–Trinajstić information content (AvgIpc) is 3.53. The highest BCUT2D eigenvalue weighted by atomic mass is 35.5. The molecule has 2 aromatic carbocycles. The number of methoxy groups -OCH3 is 2. The summed E-state index contributed by atoms with van der Waals surface area (Å²) in [4.78, 5) is 23.5. The van der Waals surface area contributed by atoms with Crippen LogP contribution in [0.25, 0.3) is 11.0 Å². The fourth-order valence-corrected chi connectivity index (χ4v) is 6.00. The number of benzene rings is 2. The number of aromatic nitrogens is 3. The number of pyridine rings is 1. The Morgan fingerprint density at radius 2 is 1.98 bits per heavy atom. The SMILES string of the molecule is COCCn1c(CN2CCC(c3cccc4c3O[C@@](C)(c3ccc(Cl)cn3)O4)CC2)nc2c(OC)cc(C(=O)O)cc21. The molecule has 1 saturated heterocycles. The number of imidazole rings is 1. The lowest BCUT2D eigenvalue weighted by Gasteiger charge is -2.32. The lowest BCUT2D eigenvalue weighted by Crippen LogP contribution is -2.34. The number of halogens is 1. The molecule has 0 unspecified atom stereocenters. The van der Waals surface area contributed by atoms with Crippen LogP contribution in [-0.2, 0) is 23.6 Å². The highest BCUT2D eigenvalue weighted by molar-refractivity contribution is 6.30. The minimum absolute atomic E-state index is 0.162. The zero-order valence-corrected chi connectivity index (χ0v) is 24.6. The number of ether oxygens (including phenoxy) is 4. The van der Waals surface area contributed by atoms with Crippen molar-refractivity contribution in [3.05, 3.63) is 76.3 Å². The first kappa shape index (κ1) is 28.3. The van der Waals surface area contributed by atoms with Crippen molar-refractivity contribution in [3.8, 4) is 17.2 Å². The normalized spacial score (nSPS) is 19.0. The first-order valence-electron chi connectivity index (χ1n) is 13.9. The largest absolute Gasteiger partial charge is 0.494 e. The molecule has 220 valence electrons. The van der Waals surface area contributed by atoms with E-state index in [1.54, 1.807) is 25.4 Å². The van der Waals surface area contributed by atoms with Crippen molar-refractivity contribution in [2.24, 2.45) is 0 Å². The van der Waals surface area contributed by atoms with Crippen molar-refractivity contribution in [2.45, 2.75) is 44.6 Å². The van der Waals surface area contributed by atoms with E-state index < -0.39 is 11.8 Å². The number of carboxylic acid groups (broad SMARTS) is 1. The number of piperidine rings is 1. The maximum absolute atomic E-state index is 11.8. The zero-order chi connectivity index (χ0) is 29.4. The van der Waals surface area contributed by atoms with E-state index in [0.717, 1.165) is 54.3 Å². The Hall–Kier alpha value is -3.86. The molecular formula is C31H33ClN4O6. The molecule has 0 saturated carbocycles. The molecule has 1 atom stereocenters. The minimum atomic E-state index is -1.02. The van der Waals surface area contributed by atoms with Crippen LogP contribution in [0.5, 0.6) is 17.2 Å². The van der Waals surface area contributed by atoms with E-state index in [1.165, 1.54) is 13.2 Å². The number of hydrogen-bond acceptors (Lipinski definition) is 8. The molecule has 10 nitrogen and oxygen atoms in total. The molecule has 0 bridgehead atoms. The van der Waals surface area contributed by atoms with E-state index in [1.807, 2.05) is 29.7 Å². The summed E-state index contributed by atoms with van der Waals surface area (Å²) < 4.78 is 25.6. The molecular weight excluding hydrogens is 560 g/mol. The molecule has 0 amide bonds. The number of aromatic carboxylic acids is 1. The monoisotopic (exact) mass is 592 g/mol. The van der Waals surface area contributed by atoms with Gasteiger partial charge in [-0.25, -0.2) is 9.78 Å². The fraction of sp³-hybridized carbons (Fsp3) is 0.387. The van der Waals surface area contributed by atoms with Crippen molar-refractivity contribution in [3.63, 3.8) is 0 Å². The minimum Gasteiger partial charge on any atom is -0.494 e. The second kappa shape index (κ2) is 11.4. The number of carbonyl (C=O) groups is 1. The molecule has 42 heavy (non-hydrogen) atoms. The van der Waals surface area contributed by atoms with Crippen LogP contribution in [0.1, 0.15) is 53.1 Å². The first-order valence-corrected chi connectivity index (χ1v) is 14.3. The highest BCUT2D eigenvalue weighted by Crippen LogP contribution is 2.49. The Labute approximate surface area is 248 Å². The number of nitrogens with zero attached hydrogens (tertiary/aromatic N) is 4. The van der Waals surface area contributed by atoms with E-state index in [9.17, 15) is 9.90 Å². The second-order valence-corrected chi connectivity index (χ2v) is 11.2. The Kier molecular flexibility index (Phi) is 7.69. The summed E-state index contributed by atoms with van der Waals surface area (Å²) in [5.41, 5.74) is 3.34. The lowest BCUT2D eigenvalue weighted by molar-refractivity contribution is -0.0722. The number of para-hydroxylation sites is 1. The Bertz CT molecular complexity index is 1620. The van der Waals surface area contributed by atoms with Gasteiger partial charge in [0.25, 0.3) is 5.79 Å². The molecule has 1 fully saturated rings. The van der Waals surface area contributed by atoms with Crippen LogP contribution in [0.2, 0.25) is 5.02 Å². The summed E-state index contributed by atoms with van der Waals surface area (Å²) in [5.74, 6) is 1.07. The molecule has 0 radical (unpaired) electrons. The molecule has 0 aliphatic carbocycles. The van der Waals surface area contributed by atoms with Crippen LogP contribution >= 0.6 is 11.6 Å². The Morgan fingerprint density at radius 1 is 1.17 bits per heavy atom. The van der Waals surface area contributed by atoms with E-state index >= 15 is 0 Å². The first-order chi connectivity index (χ1) is 20.3. The van der Waals surface area contributed by atoms with Crippen LogP contribution in [0.15, 0.2) is 48.7 Å². The molecule has 0 spiro atoms. The summed E-state index contributed by atoms with van der Waals surface area (Å²) in [6, 6.07) is 12.9. The number of fused-ring (bicyclic) bond motifs is 2. The van der Waals surface area contributed by atoms with Gasteiger partial charge in [-0.15, -0.1) is 0 Å². The molecule has 2 aromatic heterocycles. The number of likely N-dealkylation sites (tertiary alicyclic amines) is 1. The van der Waals surface area contributed by atoms with E-state index in [0.29, 0.717) is 47.6 Å². The van der Waals surface area contributed by atoms with Gasteiger partial charge in [-0.3, -0.25) is 9.88 Å².